The number of hydrogen-bond acceptors (Lipinski definition) is 2. The molecule has 1 amide bonds. The molecule has 13 heavy (non-hydrogen) atoms. The van der Waals surface area contributed by atoms with Gasteiger partial charge in [-0.1, -0.05) is 19.8 Å². The quantitative estimate of drug-likeness (QED) is 0.655. The van der Waals surface area contributed by atoms with Crippen LogP contribution in [0.5, 0.6) is 0 Å². The van der Waals surface area contributed by atoms with E-state index in [0.717, 1.165) is 18.8 Å². The molecule has 2 unspecified atom stereocenters. The van der Waals surface area contributed by atoms with E-state index in [1.54, 1.807) is 0 Å². The maximum absolute atomic E-state index is 11.3. The Morgan fingerprint density at radius 1 is 1.62 bits per heavy atom. The third kappa shape index (κ3) is 4.03. The molecule has 0 bridgehead atoms. The Morgan fingerprint density at radius 2 is 2.23 bits per heavy atom. The van der Waals surface area contributed by atoms with Gasteiger partial charge >= 0.3 is 0 Å². The Labute approximate surface area is 85.9 Å². The van der Waals surface area contributed by atoms with Gasteiger partial charge in [0.05, 0.1) is 5.25 Å². The lowest BCUT2D eigenvalue weighted by atomic mass is 10.1. The van der Waals surface area contributed by atoms with Crippen LogP contribution in [0.3, 0.4) is 0 Å². The van der Waals surface area contributed by atoms with E-state index >= 15 is 0 Å². The maximum Gasteiger partial charge on any atom is 0.232 e. The highest BCUT2D eigenvalue weighted by Gasteiger charge is 2.25. The first-order valence-corrected chi connectivity index (χ1v) is 5.63. The summed E-state index contributed by atoms with van der Waals surface area (Å²) in [5.74, 6) is 0.941. The van der Waals surface area contributed by atoms with Crippen molar-refractivity contribution in [2.45, 2.75) is 50.8 Å². The van der Waals surface area contributed by atoms with Crippen LogP contribution < -0.4 is 5.32 Å². The van der Waals surface area contributed by atoms with Crippen LogP contribution in [0, 0.1) is 5.92 Å². The molecule has 1 aliphatic rings. The number of hydrogen-bond donors (Lipinski definition) is 2. The van der Waals surface area contributed by atoms with E-state index in [4.69, 9.17) is 0 Å². The Morgan fingerprint density at radius 3 is 2.62 bits per heavy atom. The molecule has 0 aromatic rings. The molecule has 0 aliphatic heterocycles. The normalized spacial score (nSPS) is 20.8. The van der Waals surface area contributed by atoms with Crippen molar-refractivity contribution in [3.8, 4) is 0 Å². The molecule has 0 aromatic heterocycles. The molecule has 0 heterocycles. The van der Waals surface area contributed by atoms with Crippen LogP contribution in [-0.4, -0.2) is 17.2 Å². The van der Waals surface area contributed by atoms with Crippen molar-refractivity contribution in [1.29, 1.82) is 0 Å². The number of carbonyl (C=O) groups is 1. The Bertz CT molecular complexity index is 178. The zero-order valence-electron chi connectivity index (χ0n) is 8.42. The standard InChI is InChI=1S/C10H19NOS/c1-3-9(6-8-4-5-8)11-10(12)7(2)13/h7-9,13H,3-6H2,1-2H3,(H,11,12). The Kier molecular flexibility index (Phi) is 4.10. The molecule has 0 spiro atoms. The third-order valence-corrected chi connectivity index (χ3v) is 2.77. The maximum atomic E-state index is 11.3. The van der Waals surface area contributed by atoms with Gasteiger partial charge in [0.15, 0.2) is 0 Å². The number of amides is 1. The molecule has 1 fully saturated rings. The molecule has 0 saturated heterocycles. The predicted molar refractivity (Wildman–Crippen MR) is 58.0 cm³/mol. The second kappa shape index (κ2) is 4.89. The highest BCUT2D eigenvalue weighted by Crippen LogP contribution is 2.34. The summed E-state index contributed by atoms with van der Waals surface area (Å²) >= 11 is 4.10. The number of rotatable bonds is 5. The van der Waals surface area contributed by atoms with Gasteiger partial charge in [-0.05, 0) is 25.7 Å². The van der Waals surface area contributed by atoms with E-state index in [0.29, 0.717) is 6.04 Å². The summed E-state index contributed by atoms with van der Waals surface area (Å²) in [6, 6.07) is 0.370. The highest BCUT2D eigenvalue weighted by molar-refractivity contribution is 7.81. The molecule has 0 aromatic carbocycles. The number of nitrogens with one attached hydrogen (secondary N) is 1. The van der Waals surface area contributed by atoms with Crippen molar-refractivity contribution in [3.63, 3.8) is 0 Å². The molecule has 3 heteroatoms. The molecule has 1 rings (SSSR count). The van der Waals surface area contributed by atoms with Gasteiger partial charge in [-0.25, -0.2) is 0 Å². The summed E-state index contributed by atoms with van der Waals surface area (Å²) in [5.41, 5.74) is 0. The number of thiol groups is 1. The minimum absolute atomic E-state index is 0.0656. The topological polar surface area (TPSA) is 29.1 Å². The van der Waals surface area contributed by atoms with Crippen LogP contribution in [0.1, 0.15) is 39.5 Å². The molecule has 1 N–H and O–H groups in total. The van der Waals surface area contributed by atoms with E-state index in [-0.39, 0.29) is 11.2 Å². The Balaban J connectivity index is 2.25. The first-order chi connectivity index (χ1) is 6.13. The minimum Gasteiger partial charge on any atom is -0.352 e. The average Bonchev–Trinajstić information content (AvgIpc) is 2.86. The molecule has 1 saturated carbocycles. The van der Waals surface area contributed by atoms with E-state index in [9.17, 15) is 4.79 Å². The van der Waals surface area contributed by atoms with Crippen molar-refractivity contribution in [2.75, 3.05) is 0 Å². The molecular formula is C10H19NOS. The van der Waals surface area contributed by atoms with Gasteiger partial charge in [0, 0.05) is 6.04 Å². The monoisotopic (exact) mass is 201 g/mol. The molecule has 76 valence electrons. The third-order valence-electron chi connectivity index (χ3n) is 2.53. The van der Waals surface area contributed by atoms with Gasteiger partial charge in [-0.2, -0.15) is 12.6 Å². The van der Waals surface area contributed by atoms with E-state index < -0.39 is 0 Å². The molecule has 2 nitrogen and oxygen atoms in total. The van der Waals surface area contributed by atoms with Crippen molar-refractivity contribution in [3.05, 3.63) is 0 Å². The zero-order chi connectivity index (χ0) is 9.84. The fraction of sp³-hybridized carbons (Fsp3) is 0.900. The fourth-order valence-corrected chi connectivity index (χ4v) is 1.48. The SMILES string of the molecule is CCC(CC1CC1)NC(=O)C(C)S. The zero-order valence-corrected chi connectivity index (χ0v) is 9.31. The molecular weight excluding hydrogens is 182 g/mol. The van der Waals surface area contributed by atoms with Gasteiger partial charge in [0.1, 0.15) is 0 Å². The van der Waals surface area contributed by atoms with Gasteiger partial charge in [0.25, 0.3) is 0 Å². The van der Waals surface area contributed by atoms with Crippen LogP contribution in [-0.2, 0) is 4.79 Å². The van der Waals surface area contributed by atoms with Crippen molar-refractivity contribution < 1.29 is 4.79 Å². The van der Waals surface area contributed by atoms with E-state index in [1.807, 2.05) is 6.92 Å². The summed E-state index contributed by atoms with van der Waals surface area (Å²) < 4.78 is 0. The van der Waals surface area contributed by atoms with Crippen molar-refractivity contribution in [1.82, 2.24) is 5.32 Å². The Hall–Kier alpha value is -0.180. The van der Waals surface area contributed by atoms with Crippen LogP contribution in [0.2, 0.25) is 0 Å². The molecule has 2 atom stereocenters. The average molecular weight is 201 g/mol. The molecule has 0 radical (unpaired) electrons. The van der Waals surface area contributed by atoms with E-state index in [2.05, 4.69) is 24.9 Å². The van der Waals surface area contributed by atoms with Gasteiger partial charge in [-0.3, -0.25) is 4.79 Å². The van der Waals surface area contributed by atoms with Crippen LogP contribution >= 0.6 is 12.6 Å². The summed E-state index contributed by atoms with van der Waals surface area (Å²) in [6.07, 6.45) is 4.89. The lowest BCUT2D eigenvalue weighted by molar-refractivity contribution is -0.121. The molecule has 1 aliphatic carbocycles. The van der Waals surface area contributed by atoms with Crippen molar-refractivity contribution in [2.24, 2.45) is 5.92 Å². The van der Waals surface area contributed by atoms with Crippen LogP contribution in [0.15, 0.2) is 0 Å². The summed E-state index contributed by atoms with van der Waals surface area (Å²) in [7, 11) is 0. The lowest BCUT2D eigenvalue weighted by Gasteiger charge is -2.17. The van der Waals surface area contributed by atoms with E-state index in [1.165, 1.54) is 12.8 Å². The highest BCUT2D eigenvalue weighted by atomic mass is 32.1. The van der Waals surface area contributed by atoms with Gasteiger partial charge < -0.3 is 5.32 Å². The fourth-order valence-electron chi connectivity index (χ4n) is 1.41. The second-order valence-electron chi connectivity index (χ2n) is 3.97. The van der Waals surface area contributed by atoms with Crippen LogP contribution in [0.25, 0.3) is 0 Å². The lowest BCUT2D eigenvalue weighted by Crippen LogP contribution is -2.38. The minimum atomic E-state index is -0.187. The number of carbonyl (C=O) groups excluding carboxylic acids is 1. The summed E-state index contributed by atoms with van der Waals surface area (Å²) in [5, 5.41) is 2.84. The summed E-state index contributed by atoms with van der Waals surface area (Å²) in [6.45, 7) is 3.93. The van der Waals surface area contributed by atoms with Gasteiger partial charge in [-0.15, -0.1) is 0 Å². The smallest absolute Gasteiger partial charge is 0.232 e. The predicted octanol–water partition coefficient (Wildman–Crippen LogP) is 2.00. The summed E-state index contributed by atoms with van der Waals surface area (Å²) in [4.78, 5) is 11.3. The largest absolute Gasteiger partial charge is 0.352 e. The first-order valence-electron chi connectivity index (χ1n) is 5.12. The van der Waals surface area contributed by atoms with Crippen molar-refractivity contribution >= 4 is 18.5 Å². The van der Waals surface area contributed by atoms with Gasteiger partial charge in [0.2, 0.25) is 5.91 Å². The first kappa shape index (κ1) is 10.9. The second-order valence-corrected chi connectivity index (χ2v) is 4.74. The van der Waals surface area contributed by atoms with Crippen LogP contribution in [0.4, 0.5) is 0 Å².